The summed E-state index contributed by atoms with van der Waals surface area (Å²) in [7, 11) is 0. The average molecular weight is 466 g/mol. The van der Waals surface area contributed by atoms with Gasteiger partial charge in [-0.05, 0) is 41.1 Å². The van der Waals surface area contributed by atoms with Gasteiger partial charge in [0.25, 0.3) is 0 Å². The lowest BCUT2D eigenvalue weighted by Gasteiger charge is -2.10. The molecule has 3 aromatic rings. The monoisotopic (exact) mass is 464 g/mol. The zero-order chi connectivity index (χ0) is 17.6. The summed E-state index contributed by atoms with van der Waals surface area (Å²) in [5.41, 5.74) is 1.97. The zero-order valence-corrected chi connectivity index (χ0v) is 17.0. The first-order valence-corrected chi connectivity index (χ1v) is 9.60. The van der Waals surface area contributed by atoms with Crippen LogP contribution in [-0.2, 0) is 6.54 Å². The van der Waals surface area contributed by atoms with E-state index in [-0.39, 0.29) is 0 Å². The van der Waals surface area contributed by atoms with Crippen LogP contribution in [0, 0.1) is 0 Å². The largest absolute Gasteiger partial charge is 0.490 e. The Balaban J connectivity index is 1.71. The van der Waals surface area contributed by atoms with Crippen LogP contribution in [0.15, 0.2) is 63.5 Å². The molecule has 130 valence electrons. The maximum Gasteiger partial charge on any atom is 0.212 e. The second-order valence-electron chi connectivity index (χ2n) is 5.31. The highest BCUT2D eigenvalue weighted by atomic mass is 79.9. The summed E-state index contributed by atoms with van der Waals surface area (Å²) >= 11 is 6.94. The van der Waals surface area contributed by atoms with Gasteiger partial charge in [0.05, 0.1) is 23.3 Å². The van der Waals surface area contributed by atoms with Gasteiger partial charge < -0.3 is 9.47 Å². The molecular formula is C19H18Br2N2O2. The third-order valence-corrected chi connectivity index (χ3v) is 4.67. The first kappa shape index (κ1) is 18.0. The van der Waals surface area contributed by atoms with Gasteiger partial charge in [-0.1, -0.05) is 46.3 Å². The molecule has 3 rings (SSSR count). The standard InChI is InChI=1S/C19H18Br2N2O2/c1-2-24-19-13-17(14-6-4-3-5-7-14)22-23(19)10-11-25-18-9-8-15(20)12-16(18)21/h3-9,12-13H,2,10-11H2,1H3. The molecule has 0 amide bonds. The van der Waals surface area contributed by atoms with Crippen LogP contribution >= 0.6 is 31.9 Å². The summed E-state index contributed by atoms with van der Waals surface area (Å²) < 4.78 is 15.3. The number of hydrogen-bond donors (Lipinski definition) is 0. The van der Waals surface area contributed by atoms with E-state index in [1.165, 1.54) is 0 Å². The summed E-state index contributed by atoms with van der Waals surface area (Å²) in [5, 5.41) is 4.66. The maximum atomic E-state index is 5.86. The molecule has 6 heteroatoms. The molecule has 0 aliphatic rings. The molecule has 25 heavy (non-hydrogen) atoms. The van der Waals surface area contributed by atoms with Gasteiger partial charge in [0.15, 0.2) is 0 Å². The number of rotatable bonds is 7. The Bertz CT molecular complexity index is 835. The third-order valence-electron chi connectivity index (χ3n) is 3.56. The van der Waals surface area contributed by atoms with Crippen molar-refractivity contribution in [1.82, 2.24) is 9.78 Å². The van der Waals surface area contributed by atoms with E-state index in [1.807, 2.05) is 66.2 Å². The fraction of sp³-hybridized carbons (Fsp3) is 0.211. The quantitative estimate of drug-likeness (QED) is 0.458. The molecule has 1 heterocycles. The van der Waals surface area contributed by atoms with Crippen LogP contribution in [0.5, 0.6) is 11.6 Å². The molecule has 0 unspecified atom stereocenters. The lowest BCUT2D eigenvalue weighted by atomic mass is 10.2. The summed E-state index contributed by atoms with van der Waals surface area (Å²) in [4.78, 5) is 0. The van der Waals surface area contributed by atoms with Crippen molar-refractivity contribution < 1.29 is 9.47 Å². The first-order chi connectivity index (χ1) is 12.2. The first-order valence-electron chi connectivity index (χ1n) is 8.01. The van der Waals surface area contributed by atoms with Gasteiger partial charge in [-0.25, -0.2) is 4.68 Å². The maximum absolute atomic E-state index is 5.86. The van der Waals surface area contributed by atoms with Crippen molar-refractivity contribution in [2.75, 3.05) is 13.2 Å². The molecule has 0 atom stereocenters. The van der Waals surface area contributed by atoms with Crippen molar-refractivity contribution in [1.29, 1.82) is 0 Å². The van der Waals surface area contributed by atoms with Crippen LogP contribution < -0.4 is 9.47 Å². The molecule has 0 saturated carbocycles. The van der Waals surface area contributed by atoms with E-state index in [4.69, 9.17) is 9.47 Å². The van der Waals surface area contributed by atoms with Crippen LogP contribution in [0.2, 0.25) is 0 Å². The van der Waals surface area contributed by atoms with E-state index in [1.54, 1.807) is 0 Å². The van der Waals surface area contributed by atoms with Gasteiger partial charge in [0.2, 0.25) is 5.88 Å². The van der Waals surface area contributed by atoms with Crippen molar-refractivity contribution in [3.63, 3.8) is 0 Å². The Kier molecular flexibility index (Phi) is 6.15. The number of nitrogens with zero attached hydrogens (tertiary/aromatic N) is 2. The molecule has 0 radical (unpaired) electrons. The SMILES string of the molecule is CCOc1cc(-c2ccccc2)nn1CCOc1ccc(Br)cc1Br. The van der Waals surface area contributed by atoms with Gasteiger partial charge in [-0.3, -0.25) is 0 Å². The smallest absolute Gasteiger partial charge is 0.212 e. The van der Waals surface area contributed by atoms with E-state index < -0.39 is 0 Å². The minimum atomic E-state index is 0.496. The highest BCUT2D eigenvalue weighted by molar-refractivity contribution is 9.11. The third kappa shape index (κ3) is 4.64. The van der Waals surface area contributed by atoms with Gasteiger partial charge in [0.1, 0.15) is 12.4 Å². The van der Waals surface area contributed by atoms with Crippen LogP contribution in [-0.4, -0.2) is 23.0 Å². The number of benzene rings is 2. The molecule has 4 nitrogen and oxygen atoms in total. The van der Waals surface area contributed by atoms with Crippen molar-refractivity contribution in [2.24, 2.45) is 0 Å². The number of halogens is 2. The average Bonchev–Trinajstić information content (AvgIpc) is 3.01. The highest BCUT2D eigenvalue weighted by Crippen LogP contribution is 2.28. The normalized spacial score (nSPS) is 10.7. The summed E-state index contributed by atoms with van der Waals surface area (Å²) in [5.74, 6) is 1.55. The summed E-state index contributed by atoms with van der Waals surface area (Å²) in [6.07, 6.45) is 0. The molecule has 0 aliphatic heterocycles. The highest BCUT2D eigenvalue weighted by Gasteiger charge is 2.11. The fourth-order valence-electron chi connectivity index (χ4n) is 2.41. The predicted molar refractivity (Wildman–Crippen MR) is 106 cm³/mol. The summed E-state index contributed by atoms with van der Waals surface area (Å²) in [6, 6.07) is 17.9. The molecule has 0 spiro atoms. The Morgan fingerprint density at radius 3 is 2.52 bits per heavy atom. The van der Waals surface area contributed by atoms with E-state index in [0.29, 0.717) is 19.8 Å². The van der Waals surface area contributed by atoms with E-state index >= 15 is 0 Å². The fourth-order valence-corrected chi connectivity index (χ4v) is 3.57. The van der Waals surface area contributed by atoms with Crippen LogP contribution in [0.1, 0.15) is 6.92 Å². The van der Waals surface area contributed by atoms with Crippen molar-refractivity contribution in [2.45, 2.75) is 13.5 Å². The predicted octanol–water partition coefficient (Wildman–Crippen LogP) is 5.55. The van der Waals surface area contributed by atoms with E-state index in [2.05, 4.69) is 37.0 Å². The molecular weight excluding hydrogens is 448 g/mol. The molecule has 0 saturated heterocycles. The Hall–Kier alpha value is -1.79. The second kappa shape index (κ2) is 8.54. The minimum Gasteiger partial charge on any atom is -0.490 e. The number of ether oxygens (including phenoxy) is 2. The Morgan fingerprint density at radius 1 is 1.00 bits per heavy atom. The van der Waals surface area contributed by atoms with Crippen molar-refractivity contribution >= 4 is 31.9 Å². The number of hydrogen-bond acceptors (Lipinski definition) is 3. The minimum absolute atomic E-state index is 0.496. The van der Waals surface area contributed by atoms with Crippen molar-refractivity contribution in [3.05, 3.63) is 63.5 Å². The van der Waals surface area contributed by atoms with Gasteiger partial charge >= 0.3 is 0 Å². The Morgan fingerprint density at radius 2 is 1.80 bits per heavy atom. The molecule has 0 N–H and O–H groups in total. The molecule has 1 aromatic heterocycles. The van der Waals surface area contributed by atoms with E-state index in [9.17, 15) is 0 Å². The topological polar surface area (TPSA) is 36.3 Å². The second-order valence-corrected chi connectivity index (χ2v) is 7.08. The van der Waals surface area contributed by atoms with Gasteiger partial charge in [-0.2, -0.15) is 5.10 Å². The van der Waals surface area contributed by atoms with Crippen LogP contribution in [0.3, 0.4) is 0 Å². The van der Waals surface area contributed by atoms with E-state index in [0.717, 1.165) is 31.8 Å². The zero-order valence-electron chi connectivity index (χ0n) is 13.8. The molecule has 0 aliphatic carbocycles. The van der Waals surface area contributed by atoms with Crippen LogP contribution in [0.4, 0.5) is 0 Å². The van der Waals surface area contributed by atoms with Gasteiger partial charge in [0, 0.05) is 16.1 Å². The lowest BCUT2D eigenvalue weighted by Crippen LogP contribution is -2.11. The van der Waals surface area contributed by atoms with Gasteiger partial charge in [-0.15, -0.1) is 0 Å². The number of aromatic nitrogens is 2. The molecule has 2 aromatic carbocycles. The lowest BCUT2D eigenvalue weighted by molar-refractivity contribution is 0.259. The van der Waals surface area contributed by atoms with Crippen LogP contribution in [0.25, 0.3) is 11.3 Å². The summed E-state index contributed by atoms with van der Waals surface area (Å²) in [6.45, 7) is 3.66. The molecule has 0 bridgehead atoms. The Labute approximate surface area is 164 Å². The molecule has 0 fully saturated rings. The van der Waals surface area contributed by atoms with Crippen molar-refractivity contribution in [3.8, 4) is 22.9 Å².